The maximum atomic E-state index is 12.0. The van der Waals surface area contributed by atoms with Crippen molar-refractivity contribution >= 4 is 27.7 Å². The fourth-order valence-corrected chi connectivity index (χ4v) is 2.51. The maximum Gasteiger partial charge on any atom is 0.240 e. The van der Waals surface area contributed by atoms with Gasteiger partial charge in [-0.2, -0.15) is 0 Å². The summed E-state index contributed by atoms with van der Waals surface area (Å²) in [4.78, 5) is 23.6. The summed E-state index contributed by atoms with van der Waals surface area (Å²) in [6.45, 7) is 0. The van der Waals surface area contributed by atoms with Gasteiger partial charge in [-0.05, 0) is 29.7 Å². The van der Waals surface area contributed by atoms with Crippen molar-refractivity contribution in [1.82, 2.24) is 5.32 Å². The van der Waals surface area contributed by atoms with Crippen molar-refractivity contribution in [2.75, 3.05) is 0 Å². The Labute approximate surface area is 144 Å². The summed E-state index contributed by atoms with van der Waals surface area (Å²) in [5, 5.41) is 2.72. The van der Waals surface area contributed by atoms with Crippen LogP contribution in [0.5, 0.6) is 0 Å². The summed E-state index contributed by atoms with van der Waals surface area (Å²) in [7, 11) is 0. The van der Waals surface area contributed by atoms with E-state index in [-0.39, 0.29) is 5.91 Å². The topological polar surface area (TPSA) is 72.2 Å². The zero-order chi connectivity index (χ0) is 16.7. The molecule has 0 unspecified atom stereocenters. The Morgan fingerprint density at radius 3 is 2.26 bits per heavy atom. The van der Waals surface area contributed by atoms with Gasteiger partial charge in [0, 0.05) is 17.3 Å². The van der Waals surface area contributed by atoms with Gasteiger partial charge in [-0.1, -0.05) is 58.4 Å². The van der Waals surface area contributed by atoms with Gasteiger partial charge >= 0.3 is 0 Å². The second kappa shape index (κ2) is 8.48. The normalized spacial score (nSPS) is 11.7. The maximum absolute atomic E-state index is 12.0. The first-order valence-corrected chi connectivity index (χ1v) is 8.21. The molecule has 0 aromatic heterocycles. The lowest BCUT2D eigenvalue weighted by Crippen LogP contribution is -2.45. The third-order valence-electron chi connectivity index (χ3n) is 3.52. The Kier molecular flexibility index (Phi) is 6.35. The molecule has 2 rings (SSSR count). The molecular formula is C18H19BrN2O2. The third kappa shape index (κ3) is 5.87. The molecule has 0 radical (unpaired) electrons. The van der Waals surface area contributed by atoms with Crippen molar-refractivity contribution in [3.05, 3.63) is 70.2 Å². The summed E-state index contributed by atoms with van der Waals surface area (Å²) in [5.74, 6) is -0.698. The van der Waals surface area contributed by atoms with Crippen LogP contribution in [-0.2, 0) is 22.4 Å². The van der Waals surface area contributed by atoms with E-state index in [0.29, 0.717) is 19.3 Å². The van der Waals surface area contributed by atoms with Crippen LogP contribution in [0.4, 0.5) is 0 Å². The van der Waals surface area contributed by atoms with E-state index in [1.54, 1.807) is 0 Å². The summed E-state index contributed by atoms with van der Waals surface area (Å²) in [6, 6.07) is 16.6. The summed E-state index contributed by atoms with van der Waals surface area (Å²) in [6.07, 6.45) is 1.35. The van der Waals surface area contributed by atoms with Crippen LogP contribution in [0.2, 0.25) is 0 Å². The number of nitrogens with one attached hydrogen (secondary N) is 1. The first-order valence-electron chi connectivity index (χ1n) is 7.41. The summed E-state index contributed by atoms with van der Waals surface area (Å²) < 4.78 is 0.962. The lowest BCUT2D eigenvalue weighted by molar-refractivity contribution is -0.127. The van der Waals surface area contributed by atoms with Crippen LogP contribution in [0.1, 0.15) is 17.5 Å². The van der Waals surface area contributed by atoms with Crippen LogP contribution in [0.25, 0.3) is 0 Å². The second-order valence-electron chi connectivity index (χ2n) is 5.34. The van der Waals surface area contributed by atoms with Gasteiger partial charge in [-0.15, -0.1) is 0 Å². The summed E-state index contributed by atoms with van der Waals surface area (Å²) >= 11 is 3.36. The molecule has 0 aliphatic rings. The molecule has 0 aliphatic carbocycles. The van der Waals surface area contributed by atoms with E-state index in [2.05, 4.69) is 21.2 Å². The van der Waals surface area contributed by atoms with Gasteiger partial charge in [0.15, 0.2) is 0 Å². The highest BCUT2D eigenvalue weighted by Gasteiger charge is 2.18. The predicted molar refractivity (Wildman–Crippen MR) is 93.7 cm³/mol. The molecule has 3 N–H and O–H groups in total. The van der Waals surface area contributed by atoms with Crippen molar-refractivity contribution in [3.63, 3.8) is 0 Å². The van der Waals surface area contributed by atoms with E-state index in [1.807, 2.05) is 54.6 Å². The fourth-order valence-electron chi connectivity index (χ4n) is 2.25. The largest absolute Gasteiger partial charge is 0.368 e. The molecule has 0 heterocycles. The van der Waals surface area contributed by atoms with E-state index >= 15 is 0 Å². The molecule has 0 fully saturated rings. The fraction of sp³-hybridized carbons (Fsp3) is 0.222. The Bertz CT molecular complexity index is 656. The SMILES string of the molecule is NC(=O)[C@@H](Cc1ccc(Br)cc1)NC(=O)CCc1ccccc1. The molecule has 120 valence electrons. The number of halogens is 1. The zero-order valence-electron chi connectivity index (χ0n) is 12.7. The van der Waals surface area contributed by atoms with E-state index in [0.717, 1.165) is 15.6 Å². The minimum atomic E-state index is -0.695. The second-order valence-corrected chi connectivity index (χ2v) is 6.25. The monoisotopic (exact) mass is 374 g/mol. The number of nitrogens with two attached hydrogens (primary N) is 1. The average molecular weight is 375 g/mol. The van der Waals surface area contributed by atoms with Crippen molar-refractivity contribution in [3.8, 4) is 0 Å². The van der Waals surface area contributed by atoms with E-state index in [4.69, 9.17) is 5.73 Å². The van der Waals surface area contributed by atoms with Crippen LogP contribution >= 0.6 is 15.9 Å². The lowest BCUT2D eigenvalue weighted by Gasteiger charge is -2.15. The average Bonchev–Trinajstić information content (AvgIpc) is 2.55. The molecule has 5 heteroatoms. The Hall–Kier alpha value is -2.14. The molecule has 2 aromatic rings. The minimum Gasteiger partial charge on any atom is -0.368 e. The van der Waals surface area contributed by atoms with Gasteiger partial charge < -0.3 is 11.1 Å². The number of hydrogen-bond donors (Lipinski definition) is 2. The quantitative estimate of drug-likeness (QED) is 0.781. The predicted octanol–water partition coefficient (Wildman–Crippen LogP) is 2.59. The first-order chi connectivity index (χ1) is 11.0. The van der Waals surface area contributed by atoms with E-state index < -0.39 is 11.9 Å². The van der Waals surface area contributed by atoms with Crippen LogP contribution in [-0.4, -0.2) is 17.9 Å². The van der Waals surface area contributed by atoms with E-state index in [1.165, 1.54) is 0 Å². The molecule has 0 bridgehead atoms. The molecule has 2 aromatic carbocycles. The van der Waals surface area contributed by atoms with Crippen LogP contribution in [0.15, 0.2) is 59.1 Å². The van der Waals surface area contributed by atoms with Crippen molar-refractivity contribution < 1.29 is 9.59 Å². The zero-order valence-corrected chi connectivity index (χ0v) is 14.3. The van der Waals surface area contributed by atoms with Crippen molar-refractivity contribution in [2.24, 2.45) is 5.73 Å². The van der Waals surface area contributed by atoms with Gasteiger partial charge in [0.25, 0.3) is 0 Å². The number of aryl methyl sites for hydroxylation is 1. The molecule has 23 heavy (non-hydrogen) atoms. The minimum absolute atomic E-state index is 0.172. The third-order valence-corrected chi connectivity index (χ3v) is 4.04. The number of benzene rings is 2. The number of hydrogen-bond acceptors (Lipinski definition) is 2. The van der Waals surface area contributed by atoms with Crippen molar-refractivity contribution in [2.45, 2.75) is 25.3 Å². The number of rotatable bonds is 7. The Morgan fingerprint density at radius 2 is 1.65 bits per heavy atom. The Balaban J connectivity index is 1.89. The van der Waals surface area contributed by atoms with Gasteiger partial charge in [-0.3, -0.25) is 9.59 Å². The standard InChI is InChI=1S/C18H19BrN2O2/c19-15-9-6-14(7-10-15)12-16(18(20)23)21-17(22)11-8-13-4-2-1-3-5-13/h1-7,9-10,16H,8,11-12H2,(H2,20,23)(H,21,22)/t16-/m1/s1. The van der Waals surface area contributed by atoms with Gasteiger partial charge in [-0.25, -0.2) is 0 Å². The number of primary amides is 1. The lowest BCUT2D eigenvalue weighted by atomic mass is 10.0. The molecule has 0 spiro atoms. The highest BCUT2D eigenvalue weighted by Crippen LogP contribution is 2.12. The van der Waals surface area contributed by atoms with Crippen LogP contribution in [0, 0.1) is 0 Å². The van der Waals surface area contributed by atoms with Crippen molar-refractivity contribution in [1.29, 1.82) is 0 Å². The van der Waals surface area contributed by atoms with Gasteiger partial charge in [0.2, 0.25) is 11.8 Å². The highest BCUT2D eigenvalue weighted by molar-refractivity contribution is 9.10. The molecule has 4 nitrogen and oxygen atoms in total. The van der Waals surface area contributed by atoms with Crippen LogP contribution < -0.4 is 11.1 Å². The van der Waals surface area contributed by atoms with Crippen LogP contribution in [0.3, 0.4) is 0 Å². The van der Waals surface area contributed by atoms with Gasteiger partial charge in [0.1, 0.15) is 6.04 Å². The molecular weight excluding hydrogens is 356 g/mol. The smallest absolute Gasteiger partial charge is 0.240 e. The Morgan fingerprint density at radius 1 is 1.00 bits per heavy atom. The molecule has 1 atom stereocenters. The first kappa shape index (κ1) is 17.2. The number of carbonyl (C=O) groups is 2. The van der Waals surface area contributed by atoms with E-state index in [9.17, 15) is 9.59 Å². The van der Waals surface area contributed by atoms with Gasteiger partial charge in [0.05, 0.1) is 0 Å². The highest BCUT2D eigenvalue weighted by atomic mass is 79.9. The summed E-state index contributed by atoms with van der Waals surface area (Å²) in [5.41, 5.74) is 7.44. The molecule has 0 saturated heterocycles. The molecule has 0 saturated carbocycles. The molecule has 0 aliphatic heterocycles. The number of carbonyl (C=O) groups excluding carboxylic acids is 2. The molecule has 2 amide bonds. The number of amides is 2.